The zero-order valence-corrected chi connectivity index (χ0v) is 17.9. The van der Waals surface area contributed by atoms with Crippen LogP contribution in [0.1, 0.15) is 23.6 Å². The number of benzene rings is 2. The van der Waals surface area contributed by atoms with Crippen molar-refractivity contribution in [2.75, 3.05) is 5.32 Å². The highest BCUT2D eigenvalue weighted by Gasteiger charge is 2.18. The number of halogens is 3. The minimum Gasteiger partial charge on any atom is -0.487 e. The summed E-state index contributed by atoms with van der Waals surface area (Å²) in [7, 11) is 0. The highest BCUT2D eigenvalue weighted by atomic mass is 79.9. The molecule has 2 aromatic carbocycles. The maximum absolute atomic E-state index is 13.4. The zero-order valence-electron chi connectivity index (χ0n) is 14.7. The molecule has 0 aromatic heterocycles. The van der Waals surface area contributed by atoms with Crippen LogP contribution in [0.4, 0.5) is 10.1 Å². The molecule has 0 aliphatic rings. The van der Waals surface area contributed by atoms with E-state index in [4.69, 9.17) is 9.84 Å². The normalized spacial score (nSPS) is 11.7. The Morgan fingerprint density at radius 1 is 1.15 bits per heavy atom. The van der Waals surface area contributed by atoms with Crippen LogP contribution >= 0.6 is 31.9 Å². The van der Waals surface area contributed by atoms with Crippen LogP contribution in [0.5, 0.6) is 5.75 Å². The number of alkyl halides is 1. The van der Waals surface area contributed by atoms with Crippen molar-refractivity contribution >= 4 is 49.4 Å². The Morgan fingerprint density at radius 2 is 1.78 bits per heavy atom. The van der Waals surface area contributed by atoms with Crippen molar-refractivity contribution in [3.05, 3.63) is 56.0 Å². The number of carboxylic acids is 1. The summed E-state index contributed by atoms with van der Waals surface area (Å²) in [5.41, 5.74) is 3.07. The first-order chi connectivity index (χ1) is 12.7. The SMILES string of the molecule is CC(=O)Nc1cc(C)cc(COc2c(Br)cc(CC(F)C(=O)O)cc2Br)c1. The molecule has 0 saturated heterocycles. The molecule has 0 heterocycles. The fraction of sp³-hybridized carbons (Fsp3) is 0.263. The Kier molecular flexibility index (Phi) is 7.38. The van der Waals surface area contributed by atoms with Crippen LogP contribution in [0.2, 0.25) is 0 Å². The van der Waals surface area contributed by atoms with E-state index in [1.165, 1.54) is 6.92 Å². The molecular formula is C19H18Br2FNO4. The summed E-state index contributed by atoms with van der Waals surface area (Å²) in [4.78, 5) is 21.9. The van der Waals surface area contributed by atoms with Gasteiger partial charge in [-0.05, 0) is 79.7 Å². The summed E-state index contributed by atoms with van der Waals surface area (Å²) in [6.45, 7) is 3.62. The molecule has 8 heteroatoms. The van der Waals surface area contributed by atoms with E-state index in [9.17, 15) is 14.0 Å². The number of aryl methyl sites for hydroxylation is 1. The maximum atomic E-state index is 13.4. The third-order valence-corrected chi connectivity index (χ3v) is 4.76. The average Bonchev–Trinajstić information content (AvgIpc) is 2.52. The number of rotatable bonds is 7. The number of carbonyl (C=O) groups is 2. The predicted octanol–water partition coefficient (Wildman–Crippen LogP) is 5.02. The predicted molar refractivity (Wildman–Crippen MR) is 108 cm³/mol. The summed E-state index contributed by atoms with van der Waals surface area (Å²) in [6, 6.07) is 8.90. The molecule has 0 spiro atoms. The van der Waals surface area contributed by atoms with Gasteiger partial charge in [0.05, 0.1) is 8.95 Å². The standard InChI is InChI=1S/C19H18Br2FNO4/c1-10-3-13(5-14(4-10)23-11(2)24)9-27-18-15(20)6-12(7-16(18)21)8-17(22)19(25)26/h3-7,17H,8-9H2,1-2H3,(H,23,24)(H,25,26). The molecule has 1 amide bonds. The first-order valence-corrected chi connectivity index (χ1v) is 9.60. The van der Waals surface area contributed by atoms with Gasteiger partial charge in [-0.1, -0.05) is 6.07 Å². The molecule has 0 aliphatic carbocycles. The van der Waals surface area contributed by atoms with Gasteiger partial charge >= 0.3 is 5.97 Å². The van der Waals surface area contributed by atoms with Gasteiger partial charge in [0.2, 0.25) is 12.1 Å². The van der Waals surface area contributed by atoms with Crippen molar-refractivity contribution in [2.45, 2.75) is 33.0 Å². The van der Waals surface area contributed by atoms with Crippen molar-refractivity contribution < 1.29 is 23.8 Å². The van der Waals surface area contributed by atoms with Crippen LogP contribution in [0.25, 0.3) is 0 Å². The number of amides is 1. The molecule has 144 valence electrons. The third-order valence-electron chi connectivity index (χ3n) is 3.58. The Morgan fingerprint density at radius 3 is 2.33 bits per heavy atom. The molecule has 1 unspecified atom stereocenters. The number of nitrogens with one attached hydrogen (secondary N) is 1. The molecular weight excluding hydrogens is 485 g/mol. The molecule has 0 fully saturated rings. The molecule has 0 aliphatic heterocycles. The number of anilines is 1. The van der Waals surface area contributed by atoms with Crippen LogP contribution in [0, 0.1) is 6.92 Å². The lowest BCUT2D eigenvalue weighted by atomic mass is 10.1. The van der Waals surface area contributed by atoms with E-state index >= 15 is 0 Å². The van der Waals surface area contributed by atoms with Crippen LogP contribution < -0.4 is 10.1 Å². The number of aliphatic carboxylic acids is 1. The van der Waals surface area contributed by atoms with E-state index in [1.54, 1.807) is 12.1 Å². The Labute approximate surface area is 173 Å². The van der Waals surface area contributed by atoms with Crippen LogP contribution in [-0.2, 0) is 22.6 Å². The molecule has 2 aromatic rings. The van der Waals surface area contributed by atoms with Crippen molar-refractivity contribution in [1.29, 1.82) is 0 Å². The first kappa shape index (κ1) is 21.4. The molecule has 2 rings (SSSR count). The molecule has 0 radical (unpaired) electrons. The van der Waals surface area contributed by atoms with E-state index in [-0.39, 0.29) is 18.9 Å². The summed E-state index contributed by atoms with van der Waals surface area (Å²) < 4.78 is 20.4. The van der Waals surface area contributed by atoms with Gasteiger partial charge < -0.3 is 15.2 Å². The summed E-state index contributed by atoms with van der Waals surface area (Å²) in [5.74, 6) is -1.12. The fourth-order valence-electron chi connectivity index (χ4n) is 2.54. The molecule has 1 atom stereocenters. The van der Waals surface area contributed by atoms with Gasteiger partial charge in [0.25, 0.3) is 0 Å². The number of hydrogen-bond acceptors (Lipinski definition) is 3. The average molecular weight is 503 g/mol. The van der Waals surface area contributed by atoms with Gasteiger partial charge in [-0.25, -0.2) is 9.18 Å². The molecule has 2 N–H and O–H groups in total. The number of carboxylic acid groups (broad SMARTS) is 1. The lowest BCUT2D eigenvalue weighted by Crippen LogP contribution is -2.17. The van der Waals surface area contributed by atoms with E-state index in [0.717, 1.165) is 11.1 Å². The van der Waals surface area contributed by atoms with Gasteiger partial charge in [0, 0.05) is 19.0 Å². The van der Waals surface area contributed by atoms with Gasteiger partial charge in [-0.2, -0.15) is 0 Å². The molecule has 0 bridgehead atoms. The highest BCUT2D eigenvalue weighted by molar-refractivity contribution is 9.11. The Bertz CT molecular complexity index is 850. The second kappa shape index (κ2) is 9.32. The minimum atomic E-state index is -1.96. The smallest absolute Gasteiger partial charge is 0.338 e. The second-order valence-corrected chi connectivity index (χ2v) is 7.78. The summed E-state index contributed by atoms with van der Waals surface area (Å²) in [6.07, 6.45) is -2.19. The van der Waals surface area contributed by atoms with Crippen LogP contribution in [0.3, 0.4) is 0 Å². The minimum absolute atomic E-state index is 0.152. The molecule has 0 saturated carbocycles. The summed E-state index contributed by atoms with van der Waals surface area (Å²) >= 11 is 6.76. The second-order valence-electron chi connectivity index (χ2n) is 6.08. The van der Waals surface area contributed by atoms with E-state index in [0.29, 0.717) is 25.9 Å². The number of ether oxygens (including phenoxy) is 1. The zero-order chi connectivity index (χ0) is 20.1. The van der Waals surface area contributed by atoms with E-state index < -0.39 is 12.1 Å². The van der Waals surface area contributed by atoms with Crippen molar-refractivity contribution in [3.8, 4) is 5.75 Å². The first-order valence-electron chi connectivity index (χ1n) is 8.01. The largest absolute Gasteiger partial charge is 0.487 e. The Hall–Kier alpha value is -1.93. The van der Waals surface area contributed by atoms with Crippen molar-refractivity contribution in [3.63, 3.8) is 0 Å². The van der Waals surface area contributed by atoms with Crippen molar-refractivity contribution in [1.82, 2.24) is 0 Å². The summed E-state index contributed by atoms with van der Waals surface area (Å²) in [5, 5.41) is 11.4. The topological polar surface area (TPSA) is 75.6 Å². The highest BCUT2D eigenvalue weighted by Crippen LogP contribution is 2.36. The van der Waals surface area contributed by atoms with Gasteiger partial charge in [0.1, 0.15) is 12.4 Å². The fourth-order valence-corrected chi connectivity index (χ4v) is 4.05. The van der Waals surface area contributed by atoms with E-state index in [2.05, 4.69) is 37.2 Å². The monoisotopic (exact) mass is 501 g/mol. The van der Waals surface area contributed by atoms with Crippen LogP contribution in [0.15, 0.2) is 39.3 Å². The van der Waals surface area contributed by atoms with Crippen LogP contribution in [-0.4, -0.2) is 23.2 Å². The third kappa shape index (κ3) is 6.32. The van der Waals surface area contributed by atoms with Crippen molar-refractivity contribution in [2.24, 2.45) is 0 Å². The van der Waals surface area contributed by atoms with Gasteiger partial charge in [0.15, 0.2) is 0 Å². The molecule has 27 heavy (non-hydrogen) atoms. The lowest BCUT2D eigenvalue weighted by Gasteiger charge is -2.14. The number of carbonyl (C=O) groups excluding carboxylic acids is 1. The Balaban J connectivity index is 2.15. The quantitative estimate of drug-likeness (QED) is 0.557. The van der Waals surface area contributed by atoms with Gasteiger partial charge in [-0.15, -0.1) is 0 Å². The lowest BCUT2D eigenvalue weighted by molar-refractivity contribution is -0.142. The van der Waals surface area contributed by atoms with Gasteiger partial charge in [-0.3, -0.25) is 4.79 Å². The number of hydrogen-bond donors (Lipinski definition) is 2. The van der Waals surface area contributed by atoms with E-state index in [1.807, 2.05) is 25.1 Å². The maximum Gasteiger partial charge on any atom is 0.338 e. The molecule has 5 nitrogen and oxygen atoms in total.